The summed E-state index contributed by atoms with van der Waals surface area (Å²) in [6, 6.07) is 16.0. The largest absolute Gasteiger partial charge is 0.494 e. The lowest BCUT2D eigenvalue weighted by atomic mass is 9.78. The molecule has 2 aromatic carbocycles. The van der Waals surface area contributed by atoms with Gasteiger partial charge in [0.05, 0.1) is 22.3 Å². The van der Waals surface area contributed by atoms with Gasteiger partial charge >= 0.3 is 7.12 Å². The minimum atomic E-state index is -0.855. The SMILES string of the molecule is CC1(C)OB(c2ccc(C[C@H](NC(=O)c3cnc4ccccc4c3)C(N)=O)cc2)OC1(C)C. The Bertz CT molecular complexity index is 1180. The van der Waals surface area contributed by atoms with Crippen LogP contribution in [0, 0.1) is 0 Å². The van der Waals surface area contributed by atoms with Crippen molar-refractivity contribution in [2.45, 2.75) is 51.4 Å². The molecule has 2 heterocycles. The van der Waals surface area contributed by atoms with Gasteiger partial charge in [-0.05, 0) is 50.9 Å². The highest BCUT2D eigenvalue weighted by atomic mass is 16.7. The Morgan fingerprint density at radius 1 is 1.03 bits per heavy atom. The average molecular weight is 445 g/mol. The number of hydrogen-bond donors (Lipinski definition) is 2. The van der Waals surface area contributed by atoms with Gasteiger partial charge in [-0.1, -0.05) is 42.5 Å². The number of rotatable bonds is 6. The van der Waals surface area contributed by atoms with Gasteiger partial charge in [0, 0.05) is 18.0 Å². The number of aromatic nitrogens is 1. The molecule has 1 aliphatic rings. The van der Waals surface area contributed by atoms with E-state index in [1.165, 1.54) is 6.20 Å². The summed E-state index contributed by atoms with van der Waals surface area (Å²) < 4.78 is 12.2. The van der Waals surface area contributed by atoms with Gasteiger partial charge in [0.1, 0.15) is 6.04 Å². The Balaban J connectivity index is 1.44. The molecule has 0 aliphatic carbocycles. The number of hydrogen-bond acceptors (Lipinski definition) is 5. The lowest BCUT2D eigenvalue weighted by molar-refractivity contribution is -0.119. The molecule has 0 radical (unpaired) electrons. The molecule has 0 spiro atoms. The number of primary amides is 1. The molecule has 170 valence electrons. The zero-order chi connectivity index (χ0) is 23.8. The van der Waals surface area contributed by atoms with Crippen LogP contribution in [0.1, 0.15) is 43.6 Å². The number of fused-ring (bicyclic) bond motifs is 1. The number of amides is 2. The standard InChI is InChI=1S/C25H28BN3O4/c1-24(2)25(3,4)33-26(32-24)19-11-9-16(10-12-19)13-21(22(27)30)29-23(31)18-14-17-7-5-6-8-20(17)28-15-18/h5-12,14-15,21H,13H2,1-4H3,(H2,27,30)(H,29,31)/t21-/m0/s1. The highest BCUT2D eigenvalue weighted by Crippen LogP contribution is 2.36. The second kappa shape index (κ2) is 8.61. The van der Waals surface area contributed by atoms with E-state index in [9.17, 15) is 9.59 Å². The molecule has 3 N–H and O–H groups in total. The van der Waals surface area contributed by atoms with Crippen molar-refractivity contribution in [2.75, 3.05) is 0 Å². The number of nitrogens with two attached hydrogens (primary N) is 1. The van der Waals surface area contributed by atoms with Crippen LogP contribution in [0.2, 0.25) is 0 Å². The maximum Gasteiger partial charge on any atom is 0.494 e. The third-order valence-corrected chi connectivity index (χ3v) is 6.45. The van der Waals surface area contributed by atoms with Crippen molar-refractivity contribution in [3.8, 4) is 0 Å². The smallest absolute Gasteiger partial charge is 0.399 e. The van der Waals surface area contributed by atoms with Crippen molar-refractivity contribution in [2.24, 2.45) is 5.73 Å². The van der Waals surface area contributed by atoms with Gasteiger partial charge in [-0.25, -0.2) is 0 Å². The minimum absolute atomic E-state index is 0.270. The zero-order valence-electron chi connectivity index (χ0n) is 19.3. The van der Waals surface area contributed by atoms with Gasteiger partial charge in [-0.15, -0.1) is 0 Å². The topological polar surface area (TPSA) is 104 Å². The molecule has 1 saturated heterocycles. The van der Waals surface area contributed by atoms with E-state index in [1.807, 2.05) is 76.2 Å². The second-order valence-electron chi connectivity index (χ2n) is 9.38. The van der Waals surface area contributed by atoms with Gasteiger partial charge in [-0.3, -0.25) is 14.6 Å². The summed E-state index contributed by atoms with van der Waals surface area (Å²) in [6.07, 6.45) is 1.76. The molecule has 0 unspecified atom stereocenters. The van der Waals surface area contributed by atoms with Crippen LogP contribution < -0.4 is 16.5 Å². The van der Waals surface area contributed by atoms with Crippen LogP contribution in [0.4, 0.5) is 0 Å². The van der Waals surface area contributed by atoms with Crippen molar-refractivity contribution < 1.29 is 18.9 Å². The fourth-order valence-electron chi connectivity index (χ4n) is 3.69. The first-order valence-electron chi connectivity index (χ1n) is 11.0. The number of nitrogens with zero attached hydrogens (tertiary/aromatic N) is 1. The summed E-state index contributed by atoms with van der Waals surface area (Å²) in [5.74, 6) is -1.00. The fraction of sp³-hybridized carbons (Fsp3) is 0.320. The summed E-state index contributed by atoms with van der Waals surface area (Å²) in [6.45, 7) is 8.03. The van der Waals surface area contributed by atoms with Crippen molar-refractivity contribution in [1.29, 1.82) is 0 Å². The lowest BCUT2D eigenvalue weighted by Crippen LogP contribution is -2.46. The van der Waals surface area contributed by atoms with Crippen LogP contribution in [0.25, 0.3) is 10.9 Å². The summed E-state index contributed by atoms with van der Waals surface area (Å²) in [7, 11) is -0.462. The number of nitrogens with one attached hydrogen (secondary N) is 1. The van der Waals surface area contributed by atoms with E-state index < -0.39 is 36.2 Å². The van der Waals surface area contributed by atoms with Crippen LogP contribution in [0.5, 0.6) is 0 Å². The molecular weight excluding hydrogens is 417 g/mol. The Morgan fingerprint density at radius 2 is 1.67 bits per heavy atom. The summed E-state index contributed by atoms with van der Waals surface area (Å²) >= 11 is 0. The normalized spacial score (nSPS) is 17.6. The van der Waals surface area contributed by atoms with Crippen molar-refractivity contribution in [3.63, 3.8) is 0 Å². The summed E-state index contributed by atoms with van der Waals surface area (Å²) in [5, 5.41) is 3.58. The summed E-state index contributed by atoms with van der Waals surface area (Å²) in [4.78, 5) is 29.1. The molecule has 1 fully saturated rings. The maximum atomic E-state index is 12.8. The van der Waals surface area contributed by atoms with E-state index in [4.69, 9.17) is 15.0 Å². The Labute approximate surface area is 193 Å². The van der Waals surface area contributed by atoms with Crippen LogP contribution >= 0.6 is 0 Å². The summed E-state index contributed by atoms with van der Waals surface area (Å²) in [5.41, 5.74) is 7.65. The monoisotopic (exact) mass is 445 g/mol. The highest BCUT2D eigenvalue weighted by molar-refractivity contribution is 6.62. The highest BCUT2D eigenvalue weighted by Gasteiger charge is 2.51. The first-order valence-corrected chi connectivity index (χ1v) is 11.0. The molecule has 0 bridgehead atoms. The Kier molecular flexibility index (Phi) is 5.99. The van der Waals surface area contributed by atoms with Crippen molar-refractivity contribution >= 4 is 35.3 Å². The molecular formula is C25H28BN3O4. The first kappa shape index (κ1) is 23.0. The molecule has 7 nitrogen and oxygen atoms in total. The van der Waals surface area contributed by atoms with Gasteiger partial charge in [0.25, 0.3) is 5.91 Å². The Morgan fingerprint density at radius 3 is 2.30 bits per heavy atom. The van der Waals surface area contributed by atoms with Gasteiger partial charge < -0.3 is 20.4 Å². The molecule has 33 heavy (non-hydrogen) atoms. The number of pyridine rings is 1. The average Bonchev–Trinajstić information content (AvgIpc) is 3.00. The molecule has 1 aromatic heterocycles. The third kappa shape index (κ3) is 4.77. The van der Waals surface area contributed by atoms with Gasteiger partial charge in [0.15, 0.2) is 0 Å². The minimum Gasteiger partial charge on any atom is -0.399 e. The predicted molar refractivity (Wildman–Crippen MR) is 128 cm³/mol. The number of benzene rings is 2. The van der Waals surface area contributed by atoms with Crippen molar-refractivity contribution in [3.05, 3.63) is 71.9 Å². The molecule has 1 atom stereocenters. The van der Waals surface area contributed by atoms with E-state index in [1.54, 1.807) is 6.07 Å². The van der Waals surface area contributed by atoms with Crippen LogP contribution in [0.15, 0.2) is 60.8 Å². The predicted octanol–water partition coefficient (Wildman–Crippen LogP) is 2.36. The Hall–Kier alpha value is -3.23. The quantitative estimate of drug-likeness (QED) is 0.567. The lowest BCUT2D eigenvalue weighted by Gasteiger charge is -2.32. The van der Waals surface area contributed by atoms with E-state index >= 15 is 0 Å². The number of carbonyl (C=O) groups excluding carboxylic acids is 2. The van der Waals surface area contributed by atoms with E-state index in [0.29, 0.717) is 5.56 Å². The van der Waals surface area contributed by atoms with Crippen LogP contribution in [-0.2, 0) is 20.5 Å². The molecule has 3 aromatic rings. The molecule has 8 heteroatoms. The van der Waals surface area contributed by atoms with Crippen molar-refractivity contribution in [1.82, 2.24) is 10.3 Å². The van der Waals surface area contributed by atoms with Gasteiger partial charge in [-0.2, -0.15) is 0 Å². The van der Waals surface area contributed by atoms with Gasteiger partial charge in [0.2, 0.25) is 5.91 Å². The fourth-order valence-corrected chi connectivity index (χ4v) is 3.69. The molecule has 1 aliphatic heterocycles. The molecule has 0 saturated carbocycles. The molecule has 2 amide bonds. The second-order valence-corrected chi connectivity index (χ2v) is 9.38. The molecule has 4 rings (SSSR count). The van der Waals surface area contributed by atoms with E-state index in [0.717, 1.165) is 21.9 Å². The number of carbonyl (C=O) groups is 2. The van der Waals surface area contributed by atoms with Crippen LogP contribution in [0.3, 0.4) is 0 Å². The number of para-hydroxylation sites is 1. The third-order valence-electron chi connectivity index (χ3n) is 6.45. The first-order chi connectivity index (χ1) is 15.6. The zero-order valence-corrected chi connectivity index (χ0v) is 19.3. The van der Waals surface area contributed by atoms with Crippen LogP contribution in [-0.4, -0.2) is 41.2 Å². The van der Waals surface area contributed by atoms with E-state index in [-0.39, 0.29) is 6.42 Å². The van der Waals surface area contributed by atoms with E-state index in [2.05, 4.69) is 10.3 Å². The maximum absolute atomic E-state index is 12.8.